The summed E-state index contributed by atoms with van der Waals surface area (Å²) in [7, 11) is 0. The van der Waals surface area contributed by atoms with Crippen molar-refractivity contribution in [3.63, 3.8) is 0 Å². The number of nitrogens with two attached hydrogens (primary N) is 1. The fourth-order valence-electron chi connectivity index (χ4n) is 1.76. The van der Waals surface area contributed by atoms with Crippen LogP contribution < -0.4 is 16.4 Å². The Morgan fingerprint density at radius 2 is 2.00 bits per heavy atom. The number of nitrogens with one attached hydrogen (secondary N) is 2. The maximum Gasteiger partial charge on any atom is 0.340 e. The molecule has 0 spiro atoms. The minimum atomic E-state index is -0.428. The summed E-state index contributed by atoms with van der Waals surface area (Å²) in [6, 6.07) is 4.98. The van der Waals surface area contributed by atoms with Crippen molar-refractivity contribution in [2.24, 2.45) is 0 Å². The predicted molar refractivity (Wildman–Crippen MR) is 83.2 cm³/mol. The lowest BCUT2D eigenvalue weighted by Crippen LogP contribution is -2.26. The third-order valence-electron chi connectivity index (χ3n) is 2.78. The Kier molecular flexibility index (Phi) is 7.08. The predicted octanol–water partition coefficient (Wildman–Crippen LogP) is 1.77. The van der Waals surface area contributed by atoms with Crippen molar-refractivity contribution < 1.29 is 14.3 Å². The number of anilines is 2. The number of rotatable bonds is 8. The Bertz CT molecular complexity index is 489. The zero-order valence-electron chi connectivity index (χ0n) is 12.6. The highest BCUT2D eigenvalue weighted by atomic mass is 16.5. The Morgan fingerprint density at radius 3 is 2.67 bits per heavy atom. The van der Waals surface area contributed by atoms with E-state index in [0.717, 1.165) is 6.42 Å². The minimum Gasteiger partial charge on any atom is -0.462 e. The van der Waals surface area contributed by atoms with E-state index in [1.54, 1.807) is 25.1 Å². The van der Waals surface area contributed by atoms with Gasteiger partial charge in [-0.15, -0.1) is 0 Å². The van der Waals surface area contributed by atoms with Gasteiger partial charge in [-0.05, 0) is 31.5 Å². The van der Waals surface area contributed by atoms with E-state index in [2.05, 4.69) is 10.6 Å². The average molecular weight is 293 g/mol. The van der Waals surface area contributed by atoms with Crippen LogP contribution in [-0.4, -0.2) is 31.6 Å². The maximum atomic E-state index is 11.9. The summed E-state index contributed by atoms with van der Waals surface area (Å²) in [5.41, 5.74) is 7.18. The lowest BCUT2D eigenvalue weighted by Gasteiger charge is -2.12. The van der Waals surface area contributed by atoms with Crippen LogP contribution in [0.4, 0.5) is 11.4 Å². The molecule has 21 heavy (non-hydrogen) atoms. The maximum absolute atomic E-state index is 11.9. The molecule has 0 fully saturated rings. The van der Waals surface area contributed by atoms with Gasteiger partial charge in [0.05, 0.1) is 12.2 Å². The summed E-state index contributed by atoms with van der Waals surface area (Å²) in [6.45, 7) is 5.15. The first-order valence-corrected chi connectivity index (χ1v) is 7.15. The molecular weight excluding hydrogens is 270 g/mol. The first-order chi connectivity index (χ1) is 10.1. The molecule has 0 atom stereocenters. The second-order valence-corrected chi connectivity index (χ2v) is 4.55. The van der Waals surface area contributed by atoms with Crippen LogP contribution in [0.3, 0.4) is 0 Å². The number of amides is 1. The van der Waals surface area contributed by atoms with Crippen molar-refractivity contribution >= 4 is 23.3 Å². The van der Waals surface area contributed by atoms with E-state index in [-0.39, 0.29) is 5.91 Å². The molecule has 0 radical (unpaired) electrons. The first-order valence-electron chi connectivity index (χ1n) is 7.15. The smallest absolute Gasteiger partial charge is 0.340 e. The topological polar surface area (TPSA) is 93.5 Å². The van der Waals surface area contributed by atoms with Gasteiger partial charge in [-0.2, -0.15) is 0 Å². The van der Waals surface area contributed by atoms with E-state index in [1.165, 1.54) is 0 Å². The highest BCUT2D eigenvalue weighted by Gasteiger charge is 2.13. The zero-order chi connectivity index (χ0) is 15.7. The molecule has 1 rings (SSSR count). The van der Waals surface area contributed by atoms with Crippen molar-refractivity contribution in [1.29, 1.82) is 0 Å². The van der Waals surface area contributed by atoms with E-state index in [0.29, 0.717) is 43.1 Å². The Labute approximate surface area is 125 Å². The van der Waals surface area contributed by atoms with Gasteiger partial charge < -0.3 is 21.1 Å². The van der Waals surface area contributed by atoms with Gasteiger partial charge in [-0.3, -0.25) is 4.79 Å². The quantitative estimate of drug-likeness (QED) is 0.502. The SMILES string of the molecule is CCCNC(=O)CCNc1ccc(N)cc1C(=O)OCC. The number of carbonyl (C=O) groups is 2. The van der Waals surface area contributed by atoms with Crippen LogP contribution in [0.2, 0.25) is 0 Å². The van der Waals surface area contributed by atoms with E-state index < -0.39 is 5.97 Å². The average Bonchev–Trinajstić information content (AvgIpc) is 2.46. The molecule has 0 aliphatic heterocycles. The molecule has 6 heteroatoms. The molecule has 0 unspecified atom stereocenters. The molecule has 0 saturated carbocycles. The zero-order valence-corrected chi connectivity index (χ0v) is 12.6. The Balaban J connectivity index is 2.62. The molecule has 0 heterocycles. The van der Waals surface area contributed by atoms with E-state index in [4.69, 9.17) is 10.5 Å². The molecule has 116 valence electrons. The van der Waals surface area contributed by atoms with Crippen LogP contribution in [0, 0.1) is 0 Å². The standard InChI is InChI=1S/C15H23N3O3/c1-3-8-18-14(19)7-9-17-13-6-5-11(16)10-12(13)15(20)21-4-2/h5-6,10,17H,3-4,7-9,16H2,1-2H3,(H,18,19). The highest BCUT2D eigenvalue weighted by Crippen LogP contribution is 2.20. The van der Waals surface area contributed by atoms with Gasteiger partial charge in [0.15, 0.2) is 0 Å². The minimum absolute atomic E-state index is 0.0162. The number of esters is 1. The van der Waals surface area contributed by atoms with Gasteiger partial charge in [0.2, 0.25) is 5.91 Å². The van der Waals surface area contributed by atoms with Gasteiger partial charge in [-0.25, -0.2) is 4.79 Å². The summed E-state index contributed by atoms with van der Waals surface area (Å²) in [5, 5.41) is 5.86. The molecule has 0 bridgehead atoms. The molecule has 0 aliphatic rings. The number of benzene rings is 1. The summed E-state index contributed by atoms with van der Waals surface area (Å²) < 4.78 is 4.99. The first kappa shape index (κ1) is 16.8. The van der Waals surface area contributed by atoms with Crippen molar-refractivity contribution in [1.82, 2.24) is 5.32 Å². The molecule has 0 aliphatic carbocycles. The van der Waals surface area contributed by atoms with E-state index in [1.807, 2.05) is 6.92 Å². The van der Waals surface area contributed by atoms with Gasteiger partial charge in [0, 0.05) is 30.9 Å². The summed E-state index contributed by atoms with van der Waals surface area (Å²) in [6.07, 6.45) is 1.25. The monoisotopic (exact) mass is 293 g/mol. The molecule has 0 saturated heterocycles. The fraction of sp³-hybridized carbons (Fsp3) is 0.467. The molecule has 0 aromatic heterocycles. The lowest BCUT2D eigenvalue weighted by atomic mass is 10.1. The summed E-state index contributed by atoms with van der Waals surface area (Å²) in [4.78, 5) is 23.4. The van der Waals surface area contributed by atoms with Crippen molar-refractivity contribution in [3.8, 4) is 0 Å². The third-order valence-corrected chi connectivity index (χ3v) is 2.78. The number of ether oxygens (including phenoxy) is 1. The van der Waals surface area contributed by atoms with Crippen LogP contribution in [0.5, 0.6) is 0 Å². The normalized spacial score (nSPS) is 10.0. The number of hydrogen-bond donors (Lipinski definition) is 3. The van der Waals surface area contributed by atoms with Crippen LogP contribution in [-0.2, 0) is 9.53 Å². The molecule has 1 amide bonds. The van der Waals surface area contributed by atoms with Crippen molar-refractivity contribution in [2.45, 2.75) is 26.7 Å². The van der Waals surface area contributed by atoms with Crippen molar-refractivity contribution in [2.75, 3.05) is 30.7 Å². The molecule has 6 nitrogen and oxygen atoms in total. The molecule has 4 N–H and O–H groups in total. The van der Waals surface area contributed by atoms with Crippen LogP contribution in [0.25, 0.3) is 0 Å². The second kappa shape index (κ2) is 8.84. The number of nitrogen functional groups attached to an aromatic ring is 1. The Hall–Kier alpha value is -2.24. The van der Waals surface area contributed by atoms with E-state index >= 15 is 0 Å². The van der Waals surface area contributed by atoms with Crippen LogP contribution >= 0.6 is 0 Å². The van der Waals surface area contributed by atoms with E-state index in [9.17, 15) is 9.59 Å². The second-order valence-electron chi connectivity index (χ2n) is 4.55. The van der Waals surface area contributed by atoms with Gasteiger partial charge >= 0.3 is 5.97 Å². The highest BCUT2D eigenvalue weighted by molar-refractivity contribution is 5.96. The van der Waals surface area contributed by atoms with Gasteiger partial charge in [0.25, 0.3) is 0 Å². The summed E-state index contributed by atoms with van der Waals surface area (Å²) in [5.74, 6) is -0.444. The Morgan fingerprint density at radius 1 is 1.24 bits per heavy atom. The fourth-order valence-corrected chi connectivity index (χ4v) is 1.76. The number of carbonyl (C=O) groups excluding carboxylic acids is 2. The van der Waals surface area contributed by atoms with Gasteiger partial charge in [0.1, 0.15) is 0 Å². The third kappa shape index (κ3) is 5.72. The lowest BCUT2D eigenvalue weighted by molar-refractivity contribution is -0.120. The summed E-state index contributed by atoms with van der Waals surface area (Å²) >= 11 is 0. The molecule has 1 aromatic carbocycles. The van der Waals surface area contributed by atoms with Crippen molar-refractivity contribution in [3.05, 3.63) is 23.8 Å². The molecule has 1 aromatic rings. The number of hydrogen-bond acceptors (Lipinski definition) is 5. The van der Waals surface area contributed by atoms with Crippen LogP contribution in [0.15, 0.2) is 18.2 Å². The van der Waals surface area contributed by atoms with Gasteiger partial charge in [-0.1, -0.05) is 6.92 Å². The van der Waals surface area contributed by atoms with Crippen LogP contribution in [0.1, 0.15) is 37.0 Å². The largest absolute Gasteiger partial charge is 0.462 e. The molecular formula is C15H23N3O3.